The first-order chi connectivity index (χ1) is 27.4. The molecular formula is C47H85NO8P+. The van der Waals surface area contributed by atoms with Crippen LogP contribution in [0.3, 0.4) is 0 Å². The second-order valence-electron chi connectivity index (χ2n) is 15.3. The highest BCUT2D eigenvalue weighted by atomic mass is 31.2. The van der Waals surface area contributed by atoms with Crippen LogP contribution < -0.4 is 0 Å². The molecule has 0 heterocycles. The Balaban J connectivity index is 0. The number of allylic oxidation sites excluding steroid dienone is 11. The summed E-state index contributed by atoms with van der Waals surface area (Å²) in [5.74, 6) is -0.903. The second kappa shape index (κ2) is 41.6. The molecule has 0 aromatic rings. The standard InChI is InChI=1S/C38H68NO8P.C9H16/c1-6-8-10-12-14-16-18-19-21-22-24-26-28-30-37(40)44-34-36(35-46-48(42,43)45-33-32-39(3,4)5)47-38(41)31-29-27-25-23-20-17-15-13-11-9-7-2;1-3-5-7-9-8-6-4-2/h7,11,13,17,20,25,27,36H,2,6,8-10,12,14-16,18-19,21-24,26,28-35H2,1,3-5H3;5-8H,3-4,9H2,1-2H3/p+1/b13-11-,20-17-,27-25-;7-5-,8-6-/t36-;/m1./s1. The molecule has 0 aliphatic rings. The zero-order valence-electron chi connectivity index (χ0n) is 37.2. The number of ether oxygens (including phenoxy) is 2. The van der Waals surface area contributed by atoms with Gasteiger partial charge in [0.05, 0.1) is 27.7 Å². The van der Waals surface area contributed by atoms with Crippen molar-refractivity contribution in [3.8, 4) is 0 Å². The maximum atomic E-state index is 12.5. The lowest BCUT2D eigenvalue weighted by Crippen LogP contribution is -2.37. The molecule has 0 radical (unpaired) electrons. The molecule has 0 spiro atoms. The maximum Gasteiger partial charge on any atom is 0.472 e. The van der Waals surface area contributed by atoms with Gasteiger partial charge in [0.15, 0.2) is 6.10 Å². The fraction of sp³-hybridized carbons (Fsp3) is 0.702. The summed E-state index contributed by atoms with van der Waals surface area (Å²) in [6, 6.07) is 0. The van der Waals surface area contributed by atoms with E-state index in [9.17, 15) is 19.0 Å². The van der Waals surface area contributed by atoms with E-state index in [0.29, 0.717) is 17.4 Å². The number of nitrogens with zero attached hydrogens (tertiary/aromatic N) is 1. The van der Waals surface area contributed by atoms with Crippen molar-refractivity contribution < 1.29 is 42.1 Å². The van der Waals surface area contributed by atoms with E-state index in [2.05, 4.69) is 76.0 Å². The lowest BCUT2D eigenvalue weighted by atomic mass is 10.0. The average Bonchev–Trinajstić information content (AvgIpc) is 3.16. The molecule has 0 saturated carbocycles. The molecule has 0 fully saturated rings. The van der Waals surface area contributed by atoms with E-state index in [-0.39, 0.29) is 26.1 Å². The summed E-state index contributed by atoms with van der Waals surface area (Å²) in [6.07, 6.45) is 44.4. The number of carbonyl (C=O) groups is 2. The predicted octanol–water partition coefficient (Wildman–Crippen LogP) is 12.9. The molecule has 0 saturated heterocycles. The average molecular weight is 823 g/mol. The van der Waals surface area contributed by atoms with Crippen molar-refractivity contribution in [2.45, 2.75) is 168 Å². The summed E-state index contributed by atoms with van der Waals surface area (Å²) in [5, 5.41) is 0. The third-order valence-electron chi connectivity index (χ3n) is 8.59. The van der Waals surface area contributed by atoms with Crippen LogP contribution in [0.15, 0.2) is 73.4 Å². The van der Waals surface area contributed by atoms with Crippen LogP contribution in [0.2, 0.25) is 0 Å². The summed E-state index contributed by atoms with van der Waals surface area (Å²) in [4.78, 5) is 35.0. The molecule has 0 rings (SSSR count). The largest absolute Gasteiger partial charge is 0.472 e. The van der Waals surface area contributed by atoms with Crippen molar-refractivity contribution in [2.24, 2.45) is 0 Å². The number of rotatable bonds is 37. The Morgan fingerprint density at radius 3 is 1.58 bits per heavy atom. The summed E-state index contributed by atoms with van der Waals surface area (Å²) in [5.41, 5.74) is 0. The number of phosphoric acid groups is 1. The fourth-order valence-electron chi connectivity index (χ4n) is 5.21. The van der Waals surface area contributed by atoms with Crippen LogP contribution in [0.5, 0.6) is 0 Å². The molecule has 0 aromatic carbocycles. The predicted molar refractivity (Wildman–Crippen MR) is 240 cm³/mol. The lowest BCUT2D eigenvalue weighted by Gasteiger charge is -2.24. The molecule has 1 unspecified atom stereocenters. The van der Waals surface area contributed by atoms with Crippen LogP contribution in [0.4, 0.5) is 0 Å². The number of phosphoric ester groups is 1. The highest BCUT2D eigenvalue weighted by Crippen LogP contribution is 2.43. The van der Waals surface area contributed by atoms with Crippen molar-refractivity contribution in [3.05, 3.63) is 73.4 Å². The molecular weight excluding hydrogens is 737 g/mol. The number of quaternary nitrogens is 1. The molecule has 1 N–H and O–H groups in total. The molecule has 2 atom stereocenters. The van der Waals surface area contributed by atoms with E-state index in [0.717, 1.165) is 57.8 Å². The SMILES string of the molecule is C=CC/C=C\C/C=C\C/C=C\CCC(=O)O[C@H](COC(=O)CCCCCCCCCCCCCCC)COP(=O)(O)OCC[N+](C)(C)C.CC/C=C\C/C=C\CC. The van der Waals surface area contributed by atoms with Crippen molar-refractivity contribution in [1.82, 2.24) is 0 Å². The summed E-state index contributed by atoms with van der Waals surface area (Å²) < 4.78 is 34.0. The van der Waals surface area contributed by atoms with Crippen molar-refractivity contribution in [3.63, 3.8) is 0 Å². The third kappa shape index (κ3) is 47.7. The first kappa shape index (κ1) is 56.5. The minimum absolute atomic E-state index is 0.0172. The molecule has 0 aromatic heterocycles. The lowest BCUT2D eigenvalue weighted by molar-refractivity contribution is -0.870. The van der Waals surface area contributed by atoms with Crippen molar-refractivity contribution in [1.29, 1.82) is 0 Å². The van der Waals surface area contributed by atoms with Crippen LogP contribution in [0.25, 0.3) is 0 Å². The van der Waals surface area contributed by atoms with Crippen LogP contribution in [-0.2, 0) is 32.7 Å². The minimum Gasteiger partial charge on any atom is -0.462 e. The quantitative estimate of drug-likeness (QED) is 0.0217. The first-order valence-corrected chi connectivity index (χ1v) is 23.5. The number of esters is 2. The van der Waals surface area contributed by atoms with Crippen molar-refractivity contribution in [2.75, 3.05) is 47.5 Å². The molecule has 330 valence electrons. The number of hydrogen-bond acceptors (Lipinski definition) is 7. The highest BCUT2D eigenvalue weighted by Gasteiger charge is 2.27. The van der Waals surface area contributed by atoms with E-state index in [1.807, 2.05) is 39.4 Å². The Kier molecular flexibility index (Phi) is 41.3. The number of likely N-dealkylation sites (N-methyl/N-ethyl adjacent to an activating group) is 1. The molecule has 0 aliphatic heterocycles. The van der Waals surface area contributed by atoms with Gasteiger partial charge in [-0.05, 0) is 51.4 Å². The first-order valence-electron chi connectivity index (χ1n) is 22.0. The molecule has 0 aliphatic carbocycles. The van der Waals surface area contributed by atoms with Crippen LogP contribution in [0.1, 0.15) is 162 Å². The van der Waals surface area contributed by atoms with Gasteiger partial charge in [-0.1, -0.05) is 165 Å². The highest BCUT2D eigenvalue weighted by molar-refractivity contribution is 7.47. The van der Waals surface area contributed by atoms with E-state index >= 15 is 0 Å². The van der Waals surface area contributed by atoms with Crippen molar-refractivity contribution >= 4 is 19.8 Å². The Bertz CT molecular complexity index is 1140. The zero-order chi connectivity index (χ0) is 42.7. The zero-order valence-corrected chi connectivity index (χ0v) is 38.1. The fourth-order valence-corrected chi connectivity index (χ4v) is 5.95. The topological polar surface area (TPSA) is 108 Å². The van der Waals surface area contributed by atoms with Gasteiger partial charge in [0.25, 0.3) is 0 Å². The summed E-state index contributed by atoms with van der Waals surface area (Å²) in [6.45, 7) is 10.1. The monoisotopic (exact) mass is 823 g/mol. The minimum atomic E-state index is -4.38. The summed E-state index contributed by atoms with van der Waals surface area (Å²) in [7, 11) is 1.42. The third-order valence-corrected chi connectivity index (χ3v) is 9.58. The van der Waals surface area contributed by atoms with Gasteiger partial charge in [-0.2, -0.15) is 0 Å². The second-order valence-corrected chi connectivity index (χ2v) is 16.8. The van der Waals surface area contributed by atoms with Gasteiger partial charge in [0, 0.05) is 12.8 Å². The van der Waals surface area contributed by atoms with E-state index in [1.54, 1.807) is 0 Å². The van der Waals surface area contributed by atoms with E-state index in [1.165, 1.54) is 64.2 Å². The van der Waals surface area contributed by atoms with Gasteiger partial charge in [0.1, 0.15) is 19.8 Å². The molecule has 57 heavy (non-hydrogen) atoms. The molecule has 10 heteroatoms. The van der Waals surface area contributed by atoms with E-state index in [4.69, 9.17) is 18.5 Å². The molecule has 0 bridgehead atoms. The van der Waals surface area contributed by atoms with Gasteiger partial charge in [0.2, 0.25) is 0 Å². The normalized spacial score (nSPS) is 13.7. The number of unbranched alkanes of at least 4 members (excludes halogenated alkanes) is 12. The van der Waals surface area contributed by atoms with Gasteiger partial charge < -0.3 is 18.9 Å². The van der Waals surface area contributed by atoms with Gasteiger partial charge in [-0.15, -0.1) is 6.58 Å². The van der Waals surface area contributed by atoms with Crippen LogP contribution in [-0.4, -0.2) is 74.9 Å². The van der Waals surface area contributed by atoms with Crippen LogP contribution >= 0.6 is 7.82 Å². The Morgan fingerprint density at radius 1 is 0.614 bits per heavy atom. The Labute approximate surface area is 349 Å². The van der Waals surface area contributed by atoms with Gasteiger partial charge in [-0.25, -0.2) is 4.57 Å². The number of carbonyl (C=O) groups excluding carboxylic acids is 2. The number of hydrogen-bond donors (Lipinski definition) is 1. The van der Waals surface area contributed by atoms with Gasteiger partial charge >= 0.3 is 19.8 Å². The Morgan fingerprint density at radius 2 is 1.09 bits per heavy atom. The smallest absolute Gasteiger partial charge is 0.462 e. The summed E-state index contributed by atoms with van der Waals surface area (Å²) >= 11 is 0. The van der Waals surface area contributed by atoms with Crippen LogP contribution in [0, 0.1) is 0 Å². The maximum absolute atomic E-state index is 12.5. The molecule has 9 nitrogen and oxygen atoms in total. The Hall–Kier alpha value is -2.55. The van der Waals surface area contributed by atoms with E-state index < -0.39 is 32.5 Å². The molecule has 0 amide bonds. The van der Waals surface area contributed by atoms with Gasteiger partial charge in [-0.3, -0.25) is 18.6 Å².